The van der Waals surface area contributed by atoms with Gasteiger partial charge in [0, 0.05) is 16.8 Å². The van der Waals surface area contributed by atoms with Crippen LogP contribution >= 0.6 is 0 Å². The van der Waals surface area contributed by atoms with E-state index in [0.29, 0.717) is 0 Å². The van der Waals surface area contributed by atoms with Crippen LogP contribution in [0.2, 0.25) is 0 Å². The Bertz CT molecular complexity index is 850. The lowest BCUT2D eigenvalue weighted by atomic mass is 10.0. The van der Waals surface area contributed by atoms with Crippen molar-refractivity contribution in [2.24, 2.45) is 0 Å². The normalized spacial score (nSPS) is 11.4. The Balaban J connectivity index is 2.44. The van der Waals surface area contributed by atoms with Gasteiger partial charge in [-0.3, -0.25) is 0 Å². The molecule has 0 atom stereocenters. The molecule has 3 nitrogen and oxygen atoms in total. The number of benzene rings is 2. The molecule has 0 saturated heterocycles. The SMILES string of the molecule is Cc1ccc2nc3ccccc3c(/C=C/C(=O)O)c2c1. The van der Waals surface area contributed by atoms with Crippen LogP contribution in [0.5, 0.6) is 0 Å². The monoisotopic (exact) mass is 263 g/mol. The van der Waals surface area contributed by atoms with Gasteiger partial charge < -0.3 is 5.11 Å². The first kappa shape index (κ1) is 12.4. The van der Waals surface area contributed by atoms with E-state index in [-0.39, 0.29) is 0 Å². The van der Waals surface area contributed by atoms with Crippen molar-refractivity contribution in [1.82, 2.24) is 4.98 Å². The van der Waals surface area contributed by atoms with Crippen molar-refractivity contribution >= 4 is 33.9 Å². The molecule has 0 aliphatic heterocycles. The molecule has 0 bridgehead atoms. The van der Waals surface area contributed by atoms with Crippen molar-refractivity contribution < 1.29 is 9.90 Å². The topological polar surface area (TPSA) is 50.2 Å². The number of fused-ring (bicyclic) bond motifs is 2. The molecule has 1 aromatic heterocycles. The van der Waals surface area contributed by atoms with E-state index in [4.69, 9.17) is 5.11 Å². The number of aromatic nitrogens is 1. The highest BCUT2D eigenvalue weighted by atomic mass is 16.4. The second kappa shape index (κ2) is 4.78. The quantitative estimate of drug-likeness (QED) is 0.565. The Labute approximate surface area is 116 Å². The third-order valence-corrected chi connectivity index (χ3v) is 3.27. The van der Waals surface area contributed by atoms with E-state index in [2.05, 4.69) is 4.98 Å². The number of para-hydroxylation sites is 1. The Kier molecular flexibility index (Phi) is 2.95. The van der Waals surface area contributed by atoms with Gasteiger partial charge in [-0.15, -0.1) is 0 Å². The number of pyridine rings is 1. The van der Waals surface area contributed by atoms with Gasteiger partial charge in [0.15, 0.2) is 0 Å². The van der Waals surface area contributed by atoms with Crippen molar-refractivity contribution in [3.8, 4) is 0 Å². The van der Waals surface area contributed by atoms with Crippen LogP contribution in [0.3, 0.4) is 0 Å². The van der Waals surface area contributed by atoms with E-state index in [1.54, 1.807) is 6.08 Å². The number of rotatable bonds is 2. The third-order valence-electron chi connectivity index (χ3n) is 3.27. The predicted molar refractivity (Wildman–Crippen MR) is 80.7 cm³/mol. The maximum absolute atomic E-state index is 10.8. The number of aliphatic carboxylic acids is 1. The molecule has 0 unspecified atom stereocenters. The molecule has 0 aliphatic carbocycles. The first-order chi connectivity index (χ1) is 9.65. The van der Waals surface area contributed by atoms with Crippen molar-refractivity contribution in [2.45, 2.75) is 6.92 Å². The number of carboxylic acid groups (broad SMARTS) is 1. The van der Waals surface area contributed by atoms with E-state index >= 15 is 0 Å². The average Bonchev–Trinajstić information content (AvgIpc) is 2.43. The van der Waals surface area contributed by atoms with Crippen LogP contribution in [0.15, 0.2) is 48.5 Å². The molecule has 3 rings (SSSR count). The number of carboxylic acids is 1. The van der Waals surface area contributed by atoms with E-state index in [9.17, 15) is 4.79 Å². The first-order valence-electron chi connectivity index (χ1n) is 6.35. The Morgan fingerprint density at radius 1 is 1.10 bits per heavy atom. The lowest BCUT2D eigenvalue weighted by Gasteiger charge is -2.08. The van der Waals surface area contributed by atoms with Gasteiger partial charge in [0.25, 0.3) is 0 Å². The Morgan fingerprint density at radius 3 is 2.65 bits per heavy atom. The van der Waals surface area contributed by atoms with Crippen LogP contribution in [0.25, 0.3) is 27.9 Å². The molecule has 1 heterocycles. The molecular weight excluding hydrogens is 250 g/mol. The van der Waals surface area contributed by atoms with Crippen molar-refractivity contribution in [2.75, 3.05) is 0 Å². The standard InChI is InChI=1S/C17H13NO2/c1-11-6-8-16-14(10-11)12(7-9-17(19)20)13-4-2-3-5-15(13)18-16/h2-10H,1H3,(H,19,20)/b9-7+. The van der Waals surface area contributed by atoms with E-state index in [1.807, 2.05) is 49.4 Å². The summed E-state index contributed by atoms with van der Waals surface area (Å²) in [6.45, 7) is 2.01. The molecule has 0 spiro atoms. The summed E-state index contributed by atoms with van der Waals surface area (Å²) in [4.78, 5) is 15.4. The van der Waals surface area contributed by atoms with Gasteiger partial charge in [0.05, 0.1) is 11.0 Å². The molecule has 98 valence electrons. The van der Waals surface area contributed by atoms with Gasteiger partial charge in [-0.2, -0.15) is 0 Å². The minimum Gasteiger partial charge on any atom is -0.478 e. The number of carbonyl (C=O) groups is 1. The van der Waals surface area contributed by atoms with Gasteiger partial charge in [-0.05, 0) is 36.8 Å². The minimum absolute atomic E-state index is 0.869. The van der Waals surface area contributed by atoms with Gasteiger partial charge in [0.2, 0.25) is 0 Å². The first-order valence-corrected chi connectivity index (χ1v) is 6.35. The summed E-state index contributed by atoms with van der Waals surface area (Å²) < 4.78 is 0. The molecule has 0 saturated carbocycles. The van der Waals surface area contributed by atoms with E-state index < -0.39 is 5.97 Å². The number of aryl methyl sites for hydroxylation is 1. The van der Waals surface area contributed by atoms with Crippen LogP contribution in [0.1, 0.15) is 11.1 Å². The highest BCUT2D eigenvalue weighted by Crippen LogP contribution is 2.27. The van der Waals surface area contributed by atoms with Gasteiger partial charge in [0.1, 0.15) is 0 Å². The summed E-state index contributed by atoms with van der Waals surface area (Å²) in [6, 6.07) is 13.8. The fourth-order valence-electron chi connectivity index (χ4n) is 2.37. The molecule has 20 heavy (non-hydrogen) atoms. The van der Waals surface area contributed by atoms with E-state index in [1.165, 1.54) is 6.08 Å². The largest absolute Gasteiger partial charge is 0.478 e. The molecule has 3 aromatic rings. The minimum atomic E-state index is -0.952. The van der Waals surface area contributed by atoms with Gasteiger partial charge >= 0.3 is 5.97 Å². The molecule has 0 radical (unpaired) electrons. The van der Waals surface area contributed by atoms with Gasteiger partial charge in [-0.1, -0.05) is 29.8 Å². The average molecular weight is 263 g/mol. The third kappa shape index (κ3) is 2.14. The summed E-state index contributed by atoms with van der Waals surface area (Å²) in [5.41, 5.74) is 3.77. The molecular formula is C17H13NO2. The second-order valence-corrected chi connectivity index (χ2v) is 4.73. The molecule has 2 aromatic carbocycles. The summed E-state index contributed by atoms with van der Waals surface area (Å²) in [5.74, 6) is -0.952. The lowest BCUT2D eigenvalue weighted by molar-refractivity contribution is -0.131. The number of hydrogen-bond acceptors (Lipinski definition) is 2. The highest BCUT2D eigenvalue weighted by Gasteiger charge is 2.07. The fraction of sp³-hybridized carbons (Fsp3) is 0.0588. The molecule has 3 heteroatoms. The summed E-state index contributed by atoms with van der Waals surface area (Å²) in [5, 5.41) is 10.8. The highest BCUT2D eigenvalue weighted by molar-refractivity contribution is 6.04. The summed E-state index contributed by atoms with van der Waals surface area (Å²) >= 11 is 0. The van der Waals surface area contributed by atoms with E-state index in [0.717, 1.165) is 32.9 Å². The molecule has 1 N–H and O–H groups in total. The molecule has 0 aliphatic rings. The zero-order valence-corrected chi connectivity index (χ0v) is 11.0. The van der Waals surface area contributed by atoms with Crippen molar-refractivity contribution in [1.29, 1.82) is 0 Å². The smallest absolute Gasteiger partial charge is 0.328 e. The fourth-order valence-corrected chi connectivity index (χ4v) is 2.37. The Hall–Kier alpha value is -2.68. The van der Waals surface area contributed by atoms with Crippen LogP contribution < -0.4 is 0 Å². The zero-order valence-electron chi connectivity index (χ0n) is 11.0. The van der Waals surface area contributed by atoms with Crippen LogP contribution in [0.4, 0.5) is 0 Å². The van der Waals surface area contributed by atoms with Crippen LogP contribution in [-0.2, 0) is 4.79 Å². The van der Waals surface area contributed by atoms with Crippen LogP contribution in [0, 0.1) is 6.92 Å². The number of hydrogen-bond donors (Lipinski definition) is 1. The maximum Gasteiger partial charge on any atom is 0.328 e. The van der Waals surface area contributed by atoms with Crippen molar-refractivity contribution in [3.63, 3.8) is 0 Å². The van der Waals surface area contributed by atoms with Gasteiger partial charge in [-0.25, -0.2) is 9.78 Å². The maximum atomic E-state index is 10.8. The number of nitrogens with zero attached hydrogens (tertiary/aromatic N) is 1. The zero-order chi connectivity index (χ0) is 14.1. The van der Waals surface area contributed by atoms with Crippen molar-refractivity contribution in [3.05, 3.63) is 59.7 Å². The predicted octanol–water partition coefficient (Wildman–Crippen LogP) is 3.79. The molecule has 0 fully saturated rings. The summed E-state index contributed by atoms with van der Waals surface area (Å²) in [6.07, 6.45) is 2.82. The molecule has 0 amide bonds. The van der Waals surface area contributed by atoms with Crippen LogP contribution in [-0.4, -0.2) is 16.1 Å². The summed E-state index contributed by atoms with van der Waals surface area (Å²) in [7, 11) is 0. The second-order valence-electron chi connectivity index (χ2n) is 4.73. The Morgan fingerprint density at radius 2 is 1.85 bits per heavy atom. The lowest BCUT2D eigenvalue weighted by Crippen LogP contribution is -1.90.